The molecule has 0 radical (unpaired) electrons. The minimum Gasteiger partial charge on any atom is -0.494 e. The number of tetrazole rings is 1. The Morgan fingerprint density at radius 3 is 2.66 bits per heavy atom. The number of aromatic amines is 1. The molecule has 144 valence electrons. The van der Waals surface area contributed by atoms with Gasteiger partial charge in [0, 0.05) is 11.1 Å². The van der Waals surface area contributed by atoms with Gasteiger partial charge in [-0.05, 0) is 47.2 Å². The zero-order chi connectivity index (χ0) is 19.8. The number of nitrogens with one attached hydrogen (secondary N) is 2. The Bertz CT molecular complexity index is 1220. The largest absolute Gasteiger partial charge is 0.494 e. The second-order valence-corrected chi connectivity index (χ2v) is 6.53. The predicted octanol–water partition coefficient (Wildman–Crippen LogP) is 2.52. The van der Waals surface area contributed by atoms with Crippen LogP contribution in [0.3, 0.4) is 0 Å². The third-order valence-electron chi connectivity index (χ3n) is 4.82. The fourth-order valence-corrected chi connectivity index (χ4v) is 3.58. The molecule has 29 heavy (non-hydrogen) atoms. The van der Waals surface area contributed by atoms with Gasteiger partial charge in [0.1, 0.15) is 17.5 Å². The molecule has 5 rings (SSSR count). The van der Waals surface area contributed by atoms with Crippen LogP contribution in [0, 0.1) is 0 Å². The Balaban J connectivity index is 1.74. The van der Waals surface area contributed by atoms with E-state index in [1.165, 1.54) is 0 Å². The summed E-state index contributed by atoms with van der Waals surface area (Å²) < 4.78 is 7.20. The van der Waals surface area contributed by atoms with Gasteiger partial charge in [-0.1, -0.05) is 35.4 Å². The Morgan fingerprint density at radius 2 is 1.90 bits per heavy atom. The molecule has 0 fully saturated rings. The quantitative estimate of drug-likeness (QED) is 0.487. The number of fused-ring (bicyclic) bond motifs is 2. The highest BCUT2D eigenvalue weighted by molar-refractivity contribution is 5.75. The van der Waals surface area contributed by atoms with E-state index in [0.29, 0.717) is 29.5 Å². The number of nitrogens with zero attached hydrogens (tertiary/aromatic N) is 5. The van der Waals surface area contributed by atoms with Crippen molar-refractivity contribution in [3.8, 4) is 17.0 Å². The Morgan fingerprint density at radius 1 is 1.10 bits per heavy atom. The molecular formula is C20H17N7O2. The van der Waals surface area contributed by atoms with Gasteiger partial charge >= 0.3 is 0 Å². The van der Waals surface area contributed by atoms with Crippen molar-refractivity contribution < 1.29 is 4.74 Å². The molecule has 9 nitrogen and oxygen atoms in total. The Hall–Kier alpha value is -4.01. The van der Waals surface area contributed by atoms with Gasteiger partial charge < -0.3 is 10.1 Å². The second kappa shape index (κ2) is 6.86. The summed E-state index contributed by atoms with van der Waals surface area (Å²) in [5.41, 5.74) is 3.21. The predicted molar refractivity (Wildman–Crippen MR) is 106 cm³/mol. The maximum Gasteiger partial charge on any atom is 0.288 e. The molecule has 0 unspecified atom stereocenters. The van der Waals surface area contributed by atoms with Gasteiger partial charge in [-0.25, -0.2) is 5.10 Å². The first-order valence-corrected chi connectivity index (χ1v) is 9.22. The fourth-order valence-electron chi connectivity index (χ4n) is 3.58. The van der Waals surface area contributed by atoms with Gasteiger partial charge in [0.05, 0.1) is 12.3 Å². The number of anilines is 2. The van der Waals surface area contributed by atoms with Crippen LogP contribution in [0.4, 0.5) is 11.6 Å². The lowest BCUT2D eigenvalue weighted by Crippen LogP contribution is -2.29. The van der Waals surface area contributed by atoms with Crippen molar-refractivity contribution in [3.63, 3.8) is 0 Å². The summed E-state index contributed by atoms with van der Waals surface area (Å²) in [4.78, 5) is 12.6. The normalized spacial score (nSPS) is 14.6. The molecule has 0 amide bonds. The first-order chi connectivity index (χ1) is 14.3. The number of ether oxygens (including phenoxy) is 1. The summed E-state index contributed by atoms with van der Waals surface area (Å²) in [5, 5.41) is 21.9. The second-order valence-electron chi connectivity index (χ2n) is 6.53. The van der Waals surface area contributed by atoms with Crippen molar-refractivity contribution in [2.45, 2.75) is 13.0 Å². The maximum atomic E-state index is 12.6. The first-order valence-electron chi connectivity index (χ1n) is 9.22. The third kappa shape index (κ3) is 2.83. The standard InChI is InChI=1S/C20H17N7O2/c1-2-29-14-10-8-12(9-11-14)16-15-17(19(28)23-22-16)21-20-24-25-26-27(20)18(15)13-6-4-3-5-7-13/h3-11,18H,2H2,1H3,(H,23,28)(H,21,24,26)/t18-/m1/s1. The number of aromatic nitrogens is 6. The fraction of sp³-hybridized carbons (Fsp3) is 0.150. The van der Waals surface area contributed by atoms with E-state index in [4.69, 9.17) is 4.74 Å². The molecule has 2 aromatic carbocycles. The van der Waals surface area contributed by atoms with Crippen LogP contribution in [0.15, 0.2) is 59.4 Å². The number of rotatable bonds is 4. The van der Waals surface area contributed by atoms with E-state index in [2.05, 4.69) is 31.0 Å². The molecule has 4 aromatic rings. The van der Waals surface area contributed by atoms with E-state index >= 15 is 0 Å². The molecule has 3 heterocycles. The molecule has 2 N–H and O–H groups in total. The smallest absolute Gasteiger partial charge is 0.288 e. The molecule has 0 saturated heterocycles. The van der Waals surface area contributed by atoms with Gasteiger partial charge in [0.2, 0.25) is 5.95 Å². The summed E-state index contributed by atoms with van der Waals surface area (Å²) in [6.45, 7) is 2.53. The van der Waals surface area contributed by atoms with Gasteiger partial charge in [-0.3, -0.25) is 4.79 Å². The molecule has 0 spiro atoms. The van der Waals surface area contributed by atoms with Crippen LogP contribution in [-0.4, -0.2) is 37.0 Å². The average Bonchev–Trinajstić information content (AvgIpc) is 3.23. The van der Waals surface area contributed by atoms with E-state index in [-0.39, 0.29) is 5.56 Å². The van der Waals surface area contributed by atoms with Crippen molar-refractivity contribution in [1.82, 2.24) is 30.4 Å². The van der Waals surface area contributed by atoms with Crippen LogP contribution in [0.1, 0.15) is 24.1 Å². The zero-order valence-electron chi connectivity index (χ0n) is 15.5. The van der Waals surface area contributed by atoms with Crippen molar-refractivity contribution in [2.24, 2.45) is 0 Å². The minimum absolute atomic E-state index is 0.329. The van der Waals surface area contributed by atoms with Crippen LogP contribution in [0.2, 0.25) is 0 Å². The van der Waals surface area contributed by atoms with E-state index in [1.807, 2.05) is 61.5 Å². The Kier molecular flexibility index (Phi) is 4.05. The zero-order valence-corrected chi connectivity index (χ0v) is 15.5. The molecule has 0 aliphatic carbocycles. The van der Waals surface area contributed by atoms with Crippen LogP contribution < -0.4 is 15.6 Å². The number of H-pyrrole nitrogens is 1. The van der Waals surface area contributed by atoms with Crippen molar-refractivity contribution in [2.75, 3.05) is 11.9 Å². The van der Waals surface area contributed by atoms with Gasteiger partial charge in [-0.2, -0.15) is 9.78 Å². The summed E-state index contributed by atoms with van der Waals surface area (Å²) in [6, 6.07) is 17.0. The van der Waals surface area contributed by atoms with E-state index in [1.54, 1.807) is 4.68 Å². The molecule has 0 saturated carbocycles. The van der Waals surface area contributed by atoms with Crippen molar-refractivity contribution in [3.05, 3.63) is 76.1 Å². The van der Waals surface area contributed by atoms with Crippen LogP contribution in [-0.2, 0) is 0 Å². The number of hydrogen-bond acceptors (Lipinski definition) is 7. The molecule has 0 bridgehead atoms. The summed E-state index contributed by atoms with van der Waals surface area (Å²) in [5.74, 6) is 1.18. The molecule has 1 aliphatic heterocycles. The highest BCUT2D eigenvalue weighted by Gasteiger charge is 2.34. The monoisotopic (exact) mass is 387 g/mol. The van der Waals surface area contributed by atoms with Gasteiger partial charge in [-0.15, -0.1) is 0 Å². The van der Waals surface area contributed by atoms with Crippen LogP contribution >= 0.6 is 0 Å². The lowest BCUT2D eigenvalue weighted by Gasteiger charge is -2.27. The number of hydrogen-bond donors (Lipinski definition) is 2. The van der Waals surface area contributed by atoms with Crippen LogP contribution in [0.5, 0.6) is 5.75 Å². The summed E-state index contributed by atoms with van der Waals surface area (Å²) in [6.07, 6.45) is 0. The molecular weight excluding hydrogens is 370 g/mol. The lowest BCUT2D eigenvalue weighted by atomic mass is 9.92. The van der Waals surface area contributed by atoms with Crippen molar-refractivity contribution in [1.29, 1.82) is 0 Å². The minimum atomic E-state index is -0.395. The average molecular weight is 387 g/mol. The maximum absolute atomic E-state index is 12.6. The molecule has 1 atom stereocenters. The summed E-state index contributed by atoms with van der Waals surface area (Å²) >= 11 is 0. The lowest BCUT2D eigenvalue weighted by molar-refractivity contribution is 0.340. The first kappa shape index (κ1) is 17.1. The Labute approximate surface area is 165 Å². The molecule has 9 heteroatoms. The van der Waals surface area contributed by atoms with Gasteiger partial charge in [0.25, 0.3) is 5.56 Å². The van der Waals surface area contributed by atoms with Gasteiger partial charge in [0.15, 0.2) is 0 Å². The molecule has 2 aromatic heterocycles. The van der Waals surface area contributed by atoms with Crippen molar-refractivity contribution >= 4 is 11.6 Å². The highest BCUT2D eigenvalue weighted by Crippen LogP contribution is 2.41. The van der Waals surface area contributed by atoms with E-state index in [9.17, 15) is 4.79 Å². The summed E-state index contributed by atoms with van der Waals surface area (Å²) in [7, 11) is 0. The highest BCUT2D eigenvalue weighted by atomic mass is 16.5. The van der Waals surface area contributed by atoms with Crippen LogP contribution in [0.25, 0.3) is 11.3 Å². The molecule has 1 aliphatic rings. The topological polar surface area (TPSA) is 111 Å². The third-order valence-corrected chi connectivity index (χ3v) is 4.82. The number of benzene rings is 2. The SMILES string of the molecule is CCOc1ccc(-c2n[nH]c(=O)c3c2[C@@H](c2ccccc2)n2nnnc2N3)cc1. The van der Waals surface area contributed by atoms with E-state index < -0.39 is 6.04 Å². The van der Waals surface area contributed by atoms with E-state index in [0.717, 1.165) is 16.9 Å².